The van der Waals surface area contributed by atoms with E-state index < -0.39 is 24.1 Å². The second kappa shape index (κ2) is 11.3. The number of piperidine rings is 3. The average Bonchev–Trinajstić information content (AvgIpc) is 2.89. The van der Waals surface area contributed by atoms with Crippen LogP contribution in [0.2, 0.25) is 0 Å². The molecular weight excluding hydrogens is 465 g/mol. The highest BCUT2D eigenvalue weighted by atomic mass is 19.1. The van der Waals surface area contributed by atoms with E-state index in [4.69, 9.17) is 10.1 Å². The molecule has 196 valence electrons. The van der Waals surface area contributed by atoms with Crippen LogP contribution < -0.4 is 15.5 Å². The van der Waals surface area contributed by atoms with Gasteiger partial charge in [-0.1, -0.05) is 0 Å². The molecule has 3 aliphatic rings. The van der Waals surface area contributed by atoms with Gasteiger partial charge in [0.25, 0.3) is 0 Å². The van der Waals surface area contributed by atoms with Gasteiger partial charge in [-0.25, -0.2) is 9.18 Å². The Morgan fingerprint density at radius 2 is 1.94 bits per heavy atom. The minimum atomic E-state index is -1.01. The summed E-state index contributed by atoms with van der Waals surface area (Å²) in [5.74, 6) is -0.884. The molecule has 0 bridgehead atoms. The lowest BCUT2D eigenvalue weighted by Crippen LogP contribution is -2.45. The zero-order valence-electron chi connectivity index (χ0n) is 21.0. The van der Waals surface area contributed by atoms with E-state index in [2.05, 4.69) is 15.5 Å². The summed E-state index contributed by atoms with van der Waals surface area (Å²) in [5.41, 5.74) is 2.71. The van der Waals surface area contributed by atoms with Crippen molar-refractivity contribution in [1.82, 2.24) is 10.2 Å². The quantitative estimate of drug-likeness (QED) is 0.407. The van der Waals surface area contributed by atoms with Gasteiger partial charge in [0, 0.05) is 50.0 Å². The number of carbonyl (C=O) groups is 3. The molecule has 3 aliphatic heterocycles. The Morgan fingerprint density at radius 3 is 2.58 bits per heavy atom. The van der Waals surface area contributed by atoms with Crippen LogP contribution in [0.25, 0.3) is 0 Å². The molecule has 1 aromatic carbocycles. The van der Waals surface area contributed by atoms with Gasteiger partial charge in [-0.2, -0.15) is 0 Å². The van der Waals surface area contributed by atoms with E-state index in [1.807, 2.05) is 18.2 Å². The van der Waals surface area contributed by atoms with E-state index >= 15 is 0 Å². The first kappa shape index (κ1) is 25.9. The minimum Gasteiger partial charge on any atom is -0.453 e. The van der Waals surface area contributed by atoms with Crippen LogP contribution in [0.15, 0.2) is 18.2 Å². The number of halogens is 1. The molecule has 3 N–H and O–H groups in total. The number of amides is 3. The van der Waals surface area contributed by atoms with Crippen LogP contribution in [0.4, 0.5) is 20.6 Å². The second-order valence-electron chi connectivity index (χ2n) is 10.0. The Morgan fingerprint density at radius 1 is 1.19 bits per heavy atom. The first-order valence-electron chi connectivity index (χ1n) is 12.8. The van der Waals surface area contributed by atoms with Gasteiger partial charge in [-0.05, 0) is 62.1 Å². The highest BCUT2D eigenvalue weighted by Crippen LogP contribution is 2.34. The van der Waals surface area contributed by atoms with Gasteiger partial charge >= 0.3 is 6.09 Å². The van der Waals surface area contributed by atoms with Gasteiger partial charge < -0.3 is 25.3 Å². The predicted molar refractivity (Wildman–Crippen MR) is 135 cm³/mol. The lowest BCUT2D eigenvalue weighted by Gasteiger charge is -2.38. The van der Waals surface area contributed by atoms with Crippen molar-refractivity contribution in [3.05, 3.63) is 23.8 Å². The summed E-state index contributed by atoms with van der Waals surface area (Å²) < 4.78 is 19.5. The number of rotatable bonds is 6. The van der Waals surface area contributed by atoms with Crippen LogP contribution in [0.1, 0.15) is 44.1 Å². The molecule has 1 aromatic rings. The van der Waals surface area contributed by atoms with Gasteiger partial charge in [0.05, 0.1) is 25.3 Å². The fraction of sp³-hybridized carbons (Fsp3) is 0.615. The summed E-state index contributed by atoms with van der Waals surface area (Å²) in [6.45, 7) is 2.40. The minimum absolute atomic E-state index is 0.0177. The molecule has 0 radical (unpaired) electrons. The fourth-order valence-corrected chi connectivity index (χ4v) is 5.70. The Balaban J connectivity index is 1.33. The lowest BCUT2D eigenvalue weighted by molar-refractivity contribution is -0.134. The number of ether oxygens (including phenoxy) is 1. The molecule has 3 unspecified atom stereocenters. The Labute approximate surface area is 211 Å². The first-order chi connectivity index (χ1) is 17.3. The predicted octanol–water partition coefficient (Wildman–Crippen LogP) is 3.18. The van der Waals surface area contributed by atoms with Crippen LogP contribution in [-0.2, 0) is 14.3 Å². The smallest absolute Gasteiger partial charge is 0.409 e. The molecule has 0 saturated carbocycles. The molecule has 3 atom stereocenters. The number of benzene rings is 1. The van der Waals surface area contributed by atoms with Gasteiger partial charge in [-0.15, -0.1) is 0 Å². The largest absolute Gasteiger partial charge is 0.453 e. The highest BCUT2D eigenvalue weighted by molar-refractivity contribution is 6.17. The van der Waals surface area contributed by atoms with Crippen molar-refractivity contribution < 1.29 is 23.5 Å². The van der Waals surface area contributed by atoms with Crippen molar-refractivity contribution >= 4 is 35.0 Å². The van der Waals surface area contributed by atoms with Crippen LogP contribution in [0.5, 0.6) is 0 Å². The normalized spacial score (nSPS) is 25.4. The zero-order chi connectivity index (χ0) is 25.8. The topological polar surface area (TPSA) is 115 Å². The Bertz CT molecular complexity index is 1010. The maximum atomic E-state index is 14.7. The number of carbonyl (C=O) groups excluding carboxylic acids is 3. The highest BCUT2D eigenvalue weighted by Gasteiger charge is 2.35. The van der Waals surface area contributed by atoms with Crippen LogP contribution in [0.3, 0.4) is 0 Å². The van der Waals surface area contributed by atoms with Gasteiger partial charge in [0.1, 0.15) is 6.17 Å². The molecule has 0 spiro atoms. The number of methoxy groups -OCH3 is 1. The van der Waals surface area contributed by atoms with Crippen LogP contribution in [-0.4, -0.2) is 75.0 Å². The number of imide groups is 1. The maximum Gasteiger partial charge on any atom is 0.409 e. The number of nitrogens with zero attached hydrogens (tertiary/aromatic N) is 2. The van der Waals surface area contributed by atoms with Crippen molar-refractivity contribution in [3.8, 4) is 0 Å². The monoisotopic (exact) mass is 501 g/mol. The van der Waals surface area contributed by atoms with E-state index in [0.717, 1.165) is 43.7 Å². The third-order valence-electron chi connectivity index (χ3n) is 7.88. The van der Waals surface area contributed by atoms with Gasteiger partial charge in [-0.3, -0.25) is 14.9 Å². The van der Waals surface area contributed by atoms with Crippen molar-refractivity contribution in [2.24, 2.45) is 17.8 Å². The molecule has 0 aromatic heterocycles. The zero-order valence-corrected chi connectivity index (χ0v) is 21.0. The van der Waals surface area contributed by atoms with E-state index in [1.54, 1.807) is 7.05 Å². The maximum absolute atomic E-state index is 14.7. The van der Waals surface area contributed by atoms with E-state index in [1.165, 1.54) is 12.0 Å². The summed E-state index contributed by atoms with van der Waals surface area (Å²) in [6, 6.07) is 5.87. The molecule has 3 saturated heterocycles. The number of anilines is 2. The molecule has 36 heavy (non-hydrogen) atoms. The molecule has 9 nitrogen and oxygen atoms in total. The summed E-state index contributed by atoms with van der Waals surface area (Å²) in [5, 5.41) is 14.1. The molecule has 0 aliphatic carbocycles. The summed E-state index contributed by atoms with van der Waals surface area (Å²) in [6.07, 6.45) is 2.60. The van der Waals surface area contributed by atoms with Crippen LogP contribution in [0, 0.1) is 23.2 Å². The van der Waals surface area contributed by atoms with Crippen molar-refractivity contribution in [2.75, 3.05) is 50.6 Å². The number of hydrogen-bond acceptors (Lipinski definition) is 7. The van der Waals surface area contributed by atoms with E-state index in [9.17, 15) is 18.8 Å². The molecule has 10 heteroatoms. The number of likely N-dealkylation sites (tertiary alicyclic amines) is 1. The third-order valence-corrected chi connectivity index (χ3v) is 7.88. The number of alkyl halides is 1. The first-order valence-corrected chi connectivity index (χ1v) is 12.8. The summed E-state index contributed by atoms with van der Waals surface area (Å²) in [4.78, 5) is 39.1. The second-order valence-corrected chi connectivity index (χ2v) is 10.0. The van der Waals surface area contributed by atoms with E-state index in [0.29, 0.717) is 30.9 Å². The summed E-state index contributed by atoms with van der Waals surface area (Å²) in [7, 11) is 3.12. The Kier molecular flexibility index (Phi) is 8.11. The number of hydrogen-bond donors (Lipinski definition) is 3. The molecule has 3 heterocycles. The van der Waals surface area contributed by atoms with Crippen molar-refractivity contribution in [3.63, 3.8) is 0 Å². The molecule has 4 rings (SSSR count). The van der Waals surface area contributed by atoms with Crippen molar-refractivity contribution in [1.29, 1.82) is 5.41 Å². The third kappa shape index (κ3) is 5.63. The average molecular weight is 502 g/mol. The standard InChI is InChI=1S/C26H36FN5O4/c1-29-22-14-18(3-4-19(22)24(28)20-5-6-23(33)30-25(20)34)31-10-7-16(8-11-31)13-17-9-12-32(15-21(17)27)26(35)36-2/h3-4,14,16-17,20-21,28-29H,5-13,15H2,1-2H3,(H,30,33,34). The van der Waals surface area contributed by atoms with Crippen molar-refractivity contribution in [2.45, 2.75) is 44.7 Å². The summed E-state index contributed by atoms with van der Waals surface area (Å²) >= 11 is 0. The SMILES string of the molecule is CNc1cc(N2CCC(CC3CCN(C(=O)OC)CC3F)CC2)ccc1C(=N)C1CCC(=O)NC1=O. The fourth-order valence-electron chi connectivity index (χ4n) is 5.70. The Hall–Kier alpha value is -3.17. The van der Waals surface area contributed by atoms with Crippen LogP contribution >= 0.6 is 0 Å². The molecular formula is C26H36FN5O4. The van der Waals surface area contributed by atoms with Gasteiger partial charge in [0.15, 0.2) is 0 Å². The lowest BCUT2D eigenvalue weighted by atomic mass is 9.82. The number of nitrogens with one attached hydrogen (secondary N) is 3. The molecule has 3 fully saturated rings. The molecule has 3 amide bonds. The van der Waals surface area contributed by atoms with E-state index in [-0.39, 0.29) is 30.5 Å². The van der Waals surface area contributed by atoms with Gasteiger partial charge in [0.2, 0.25) is 11.8 Å².